The van der Waals surface area contributed by atoms with Gasteiger partial charge in [0, 0.05) is 6.04 Å². The summed E-state index contributed by atoms with van der Waals surface area (Å²) in [6.07, 6.45) is 4.50. The SMILES string of the molecule is CCCCC1NC(CC)N(C2C(C)(C)C2(C)C)C1=O. The van der Waals surface area contributed by atoms with E-state index in [1.807, 2.05) is 0 Å². The molecule has 19 heavy (non-hydrogen) atoms. The van der Waals surface area contributed by atoms with Gasteiger partial charge in [-0.2, -0.15) is 0 Å². The van der Waals surface area contributed by atoms with Gasteiger partial charge in [0.05, 0.1) is 12.2 Å². The third-order valence-electron chi connectivity index (χ3n) is 5.74. The molecule has 1 N–H and O–H groups in total. The monoisotopic (exact) mass is 266 g/mol. The average Bonchev–Trinajstić information content (AvgIpc) is 2.62. The molecule has 0 aromatic carbocycles. The van der Waals surface area contributed by atoms with Crippen LogP contribution in [-0.2, 0) is 4.79 Å². The largest absolute Gasteiger partial charge is 0.322 e. The Balaban J connectivity index is 2.14. The van der Waals surface area contributed by atoms with Crippen molar-refractivity contribution in [1.82, 2.24) is 10.2 Å². The fourth-order valence-electron chi connectivity index (χ4n) is 3.81. The quantitative estimate of drug-likeness (QED) is 0.829. The van der Waals surface area contributed by atoms with Crippen molar-refractivity contribution in [2.45, 2.75) is 85.5 Å². The third-order valence-corrected chi connectivity index (χ3v) is 5.74. The number of rotatable bonds is 5. The minimum atomic E-state index is 0.0529. The zero-order valence-corrected chi connectivity index (χ0v) is 13.4. The normalized spacial score (nSPS) is 32.9. The number of carbonyl (C=O) groups is 1. The van der Waals surface area contributed by atoms with Crippen LogP contribution >= 0.6 is 0 Å². The number of nitrogens with zero attached hydrogens (tertiary/aromatic N) is 1. The van der Waals surface area contributed by atoms with Gasteiger partial charge in [0.2, 0.25) is 5.91 Å². The molecule has 3 heteroatoms. The highest BCUT2D eigenvalue weighted by atomic mass is 16.2. The zero-order chi connectivity index (χ0) is 14.4. The van der Waals surface area contributed by atoms with Crippen LogP contribution in [0.15, 0.2) is 0 Å². The van der Waals surface area contributed by atoms with Crippen molar-refractivity contribution in [1.29, 1.82) is 0 Å². The number of unbranched alkanes of at least 4 members (excludes halogenated alkanes) is 1. The van der Waals surface area contributed by atoms with E-state index in [-0.39, 0.29) is 23.0 Å². The molecule has 2 unspecified atom stereocenters. The summed E-state index contributed by atoms with van der Waals surface area (Å²) in [4.78, 5) is 14.9. The van der Waals surface area contributed by atoms with Gasteiger partial charge in [-0.3, -0.25) is 10.1 Å². The van der Waals surface area contributed by atoms with E-state index in [1.54, 1.807) is 0 Å². The lowest BCUT2D eigenvalue weighted by Crippen LogP contribution is -2.41. The van der Waals surface area contributed by atoms with E-state index in [9.17, 15) is 4.79 Å². The van der Waals surface area contributed by atoms with E-state index in [0.717, 1.165) is 25.7 Å². The summed E-state index contributed by atoms with van der Waals surface area (Å²) in [6, 6.07) is 0.439. The molecule has 2 aliphatic rings. The Kier molecular flexibility index (Phi) is 3.72. The second kappa shape index (κ2) is 4.76. The Labute approximate surface area is 118 Å². The summed E-state index contributed by atoms with van der Waals surface area (Å²) >= 11 is 0. The fourth-order valence-corrected chi connectivity index (χ4v) is 3.81. The zero-order valence-electron chi connectivity index (χ0n) is 13.4. The van der Waals surface area contributed by atoms with Crippen LogP contribution in [0.4, 0.5) is 0 Å². The molecular weight excluding hydrogens is 236 g/mol. The maximum absolute atomic E-state index is 12.7. The number of carbonyl (C=O) groups excluding carboxylic acids is 1. The van der Waals surface area contributed by atoms with Gasteiger partial charge in [0.25, 0.3) is 0 Å². The van der Waals surface area contributed by atoms with Gasteiger partial charge in [-0.15, -0.1) is 0 Å². The Morgan fingerprint density at radius 2 is 1.74 bits per heavy atom. The van der Waals surface area contributed by atoms with Crippen LogP contribution in [0.25, 0.3) is 0 Å². The van der Waals surface area contributed by atoms with E-state index in [1.165, 1.54) is 0 Å². The Morgan fingerprint density at radius 1 is 1.16 bits per heavy atom. The van der Waals surface area contributed by atoms with E-state index >= 15 is 0 Å². The summed E-state index contributed by atoms with van der Waals surface area (Å²) < 4.78 is 0. The first-order chi connectivity index (χ1) is 8.79. The number of hydrogen-bond acceptors (Lipinski definition) is 2. The van der Waals surface area contributed by atoms with Crippen LogP contribution in [0.3, 0.4) is 0 Å². The Hall–Kier alpha value is -0.570. The van der Waals surface area contributed by atoms with Crippen molar-refractivity contribution in [3.8, 4) is 0 Å². The Morgan fingerprint density at radius 3 is 2.16 bits per heavy atom. The molecule has 1 aliphatic carbocycles. The van der Waals surface area contributed by atoms with Gasteiger partial charge in [-0.1, -0.05) is 54.4 Å². The lowest BCUT2D eigenvalue weighted by molar-refractivity contribution is -0.131. The van der Waals surface area contributed by atoms with Crippen LogP contribution in [0.2, 0.25) is 0 Å². The molecule has 1 heterocycles. The first kappa shape index (κ1) is 14.8. The number of nitrogens with one attached hydrogen (secondary N) is 1. The van der Waals surface area contributed by atoms with E-state index in [0.29, 0.717) is 11.9 Å². The number of amides is 1. The van der Waals surface area contributed by atoms with Crippen molar-refractivity contribution < 1.29 is 4.79 Å². The smallest absolute Gasteiger partial charge is 0.241 e. The highest BCUT2D eigenvalue weighted by Crippen LogP contribution is 2.66. The molecule has 0 aromatic heterocycles. The summed E-state index contributed by atoms with van der Waals surface area (Å²) in [5.74, 6) is 0.337. The molecule has 0 bridgehead atoms. The minimum Gasteiger partial charge on any atom is -0.322 e. The summed E-state index contributed by atoms with van der Waals surface area (Å²) in [6.45, 7) is 13.5. The van der Waals surface area contributed by atoms with Crippen LogP contribution in [0, 0.1) is 10.8 Å². The molecule has 2 atom stereocenters. The van der Waals surface area contributed by atoms with Crippen molar-refractivity contribution in [3.05, 3.63) is 0 Å². The Bertz CT molecular complexity index is 348. The van der Waals surface area contributed by atoms with Crippen molar-refractivity contribution in [2.75, 3.05) is 0 Å². The van der Waals surface area contributed by atoms with E-state index in [4.69, 9.17) is 0 Å². The number of hydrogen-bond donors (Lipinski definition) is 1. The molecule has 1 saturated carbocycles. The van der Waals surface area contributed by atoms with Crippen molar-refractivity contribution in [3.63, 3.8) is 0 Å². The molecule has 0 spiro atoms. The molecule has 2 rings (SSSR count). The minimum absolute atomic E-state index is 0.0529. The molecule has 1 aliphatic heterocycles. The van der Waals surface area contributed by atoms with Gasteiger partial charge in [-0.25, -0.2) is 0 Å². The van der Waals surface area contributed by atoms with Gasteiger partial charge >= 0.3 is 0 Å². The topological polar surface area (TPSA) is 32.3 Å². The maximum Gasteiger partial charge on any atom is 0.241 e. The summed E-state index contributed by atoms with van der Waals surface area (Å²) in [5, 5.41) is 3.55. The molecule has 0 radical (unpaired) electrons. The average molecular weight is 266 g/mol. The highest BCUT2D eigenvalue weighted by Gasteiger charge is 2.70. The van der Waals surface area contributed by atoms with Crippen LogP contribution in [0.1, 0.15) is 67.2 Å². The van der Waals surface area contributed by atoms with Crippen molar-refractivity contribution in [2.24, 2.45) is 10.8 Å². The highest BCUT2D eigenvalue weighted by molar-refractivity contribution is 5.85. The van der Waals surface area contributed by atoms with Gasteiger partial charge in [-0.05, 0) is 23.7 Å². The predicted molar refractivity (Wildman–Crippen MR) is 78.7 cm³/mol. The van der Waals surface area contributed by atoms with Crippen LogP contribution in [0.5, 0.6) is 0 Å². The second-order valence-electron chi connectivity index (χ2n) is 7.38. The summed E-state index contributed by atoms with van der Waals surface area (Å²) in [5.41, 5.74) is 0.467. The van der Waals surface area contributed by atoms with Gasteiger partial charge < -0.3 is 4.90 Å². The maximum atomic E-state index is 12.7. The summed E-state index contributed by atoms with van der Waals surface area (Å²) in [7, 11) is 0. The molecule has 0 aromatic rings. The van der Waals surface area contributed by atoms with Gasteiger partial charge in [0.15, 0.2) is 0 Å². The molecule has 3 nitrogen and oxygen atoms in total. The first-order valence-corrected chi connectivity index (χ1v) is 7.87. The predicted octanol–water partition coefficient (Wildman–Crippen LogP) is 3.15. The first-order valence-electron chi connectivity index (χ1n) is 7.87. The van der Waals surface area contributed by atoms with E-state index < -0.39 is 0 Å². The third kappa shape index (κ3) is 2.10. The van der Waals surface area contributed by atoms with Crippen molar-refractivity contribution >= 4 is 5.91 Å². The standard InChI is InChI=1S/C16H30N2O/c1-7-9-10-11-13(19)18(12(8-2)17-11)14-15(3,4)16(14,5)6/h11-12,14,17H,7-10H2,1-6H3. The molecule has 2 fully saturated rings. The van der Waals surface area contributed by atoms with Gasteiger partial charge in [0.1, 0.15) is 0 Å². The van der Waals surface area contributed by atoms with E-state index in [2.05, 4.69) is 51.8 Å². The molecule has 1 amide bonds. The lowest BCUT2D eigenvalue weighted by Gasteiger charge is -2.25. The van der Waals surface area contributed by atoms with Crippen LogP contribution in [-0.4, -0.2) is 29.1 Å². The van der Waals surface area contributed by atoms with Crippen LogP contribution < -0.4 is 5.32 Å². The second-order valence-corrected chi connectivity index (χ2v) is 7.38. The lowest BCUT2D eigenvalue weighted by atomic mass is 10.0. The molecular formula is C16H30N2O. The molecule has 1 saturated heterocycles. The molecule has 110 valence electrons. The fraction of sp³-hybridized carbons (Fsp3) is 0.938.